The first-order valence-electron chi connectivity index (χ1n) is 8.34. The molecule has 0 spiro atoms. The lowest BCUT2D eigenvalue weighted by molar-refractivity contribution is 0.0465. The zero-order valence-electron chi connectivity index (χ0n) is 12.8. The van der Waals surface area contributed by atoms with E-state index in [0.717, 1.165) is 19.0 Å². The molecule has 2 unspecified atom stereocenters. The van der Waals surface area contributed by atoms with Crippen LogP contribution in [-0.2, 0) is 0 Å². The van der Waals surface area contributed by atoms with Crippen LogP contribution in [0, 0.1) is 11.3 Å². The summed E-state index contributed by atoms with van der Waals surface area (Å²) in [5, 5.41) is 13.0. The smallest absolute Gasteiger partial charge is 0.105 e. The molecule has 2 aliphatic heterocycles. The highest BCUT2D eigenvalue weighted by atomic mass is 15.3. The zero-order valence-corrected chi connectivity index (χ0v) is 12.8. The summed E-state index contributed by atoms with van der Waals surface area (Å²) >= 11 is 0. The van der Waals surface area contributed by atoms with E-state index in [1.54, 1.807) is 0 Å². The van der Waals surface area contributed by atoms with Crippen LogP contribution >= 0.6 is 0 Å². The largest absolute Gasteiger partial charge is 0.300 e. The quantitative estimate of drug-likeness (QED) is 0.828. The summed E-state index contributed by atoms with van der Waals surface area (Å²) < 4.78 is 0. The Balaban J connectivity index is 1.47. The molecule has 3 fully saturated rings. The van der Waals surface area contributed by atoms with Gasteiger partial charge in [-0.1, -0.05) is 6.42 Å². The van der Waals surface area contributed by atoms with Crippen molar-refractivity contribution in [1.29, 1.82) is 5.26 Å². The normalized spacial score (nSPS) is 31.3. The Morgan fingerprint density at radius 2 is 2.05 bits per heavy atom. The molecule has 3 aliphatic rings. The van der Waals surface area contributed by atoms with Gasteiger partial charge in [0.2, 0.25) is 0 Å². The van der Waals surface area contributed by atoms with E-state index >= 15 is 0 Å². The van der Waals surface area contributed by atoms with Crippen LogP contribution in [0.1, 0.15) is 45.4 Å². The Morgan fingerprint density at radius 3 is 2.80 bits per heavy atom. The predicted octanol–water partition coefficient (Wildman–Crippen LogP) is 1.58. The van der Waals surface area contributed by atoms with Crippen LogP contribution in [0.2, 0.25) is 0 Å². The van der Waals surface area contributed by atoms with Gasteiger partial charge < -0.3 is 4.90 Å². The van der Waals surface area contributed by atoms with E-state index in [4.69, 9.17) is 0 Å². The van der Waals surface area contributed by atoms with Crippen LogP contribution in [0.4, 0.5) is 0 Å². The van der Waals surface area contributed by atoms with Gasteiger partial charge in [-0.25, -0.2) is 0 Å². The first-order valence-corrected chi connectivity index (χ1v) is 8.34. The SMILES string of the molecule is CC(C#N)(CCN1CCN2CCCCC2C1)NC1CC1. The molecule has 2 saturated heterocycles. The van der Waals surface area contributed by atoms with Crippen LogP contribution in [0.5, 0.6) is 0 Å². The zero-order chi connectivity index (χ0) is 14.0. The average molecular weight is 276 g/mol. The summed E-state index contributed by atoms with van der Waals surface area (Å²) in [5.41, 5.74) is -0.329. The molecule has 0 radical (unpaired) electrons. The molecule has 1 saturated carbocycles. The van der Waals surface area contributed by atoms with E-state index in [-0.39, 0.29) is 5.54 Å². The number of piperidine rings is 1. The van der Waals surface area contributed by atoms with Crippen molar-refractivity contribution in [2.75, 3.05) is 32.7 Å². The summed E-state index contributed by atoms with van der Waals surface area (Å²) in [4.78, 5) is 5.25. The third-order valence-electron chi connectivity index (χ3n) is 5.20. The minimum atomic E-state index is -0.329. The second-order valence-electron chi connectivity index (χ2n) is 7.10. The third-order valence-corrected chi connectivity index (χ3v) is 5.20. The van der Waals surface area contributed by atoms with Gasteiger partial charge in [0.1, 0.15) is 5.54 Å². The number of nitrogens with zero attached hydrogens (tertiary/aromatic N) is 3. The maximum absolute atomic E-state index is 9.44. The summed E-state index contributed by atoms with van der Waals surface area (Å²) in [5.74, 6) is 0. The monoisotopic (exact) mass is 276 g/mol. The molecule has 2 atom stereocenters. The second-order valence-corrected chi connectivity index (χ2v) is 7.10. The Kier molecular flexibility index (Phi) is 4.30. The molecule has 112 valence electrons. The molecule has 2 heterocycles. The third kappa shape index (κ3) is 3.52. The first kappa shape index (κ1) is 14.3. The minimum Gasteiger partial charge on any atom is -0.300 e. The first-order chi connectivity index (χ1) is 9.68. The van der Waals surface area contributed by atoms with Gasteiger partial charge in [-0.2, -0.15) is 5.26 Å². The van der Waals surface area contributed by atoms with Crippen LogP contribution < -0.4 is 5.32 Å². The fourth-order valence-electron chi connectivity index (χ4n) is 3.64. The van der Waals surface area contributed by atoms with Gasteiger partial charge in [0.25, 0.3) is 0 Å². The summed E-state index contributed by atoms with van der Waals surface area (Å²) in [6.45, 7) is 8.06. The molecule has 0 aromatic heterocycles. The van der Waals surface area contributed by atoms with E-state index in [2.05, 4.69) is 28.1 Å². The van der Waals surface area contributed by atoms with E-state index in [1.165, 1.54) is 58.3 Å². The standard InChI is InChI=1S/C16H28N4/c1-16(13-17,18-14-5-6-14)7-9-19-10-11-20-8-3-2-4-15(20)12-19/h14-15,18H,2-12H2,1H3. The molecule has 0 aromatic carbocycles. The van der Waals surface area contributed by atoms with Crippen molar-refractivity contribution >= 4 is 0 Å². The molecule has 0 amide bonds. The molecule has 4 heteroatoms. The topological polar surface area (TPSA) is 42.3 Å². The van der Waals surface area contributed by atoms with E-state index in [1.807, 2.05) is 0 Å². The summed E-state index contributed by atoms with van der Waals surface area (Å²) in [6.07, 6.45) is 7.59. The lowest BCUT2D eigenvalue weighted by Crippen LogP contribution is -2.55. The van der Waals surface area contributed by atoms with Crippen molar-refractivity contribution in [1.82, 2.24) is 15.1 Å². The van der Waals surface area contributed by atoms with E-state index < -0.39 is 0 Å². The highest BCUT2D eigenvalue weighted by molar-refractivity contribution is 5.07. The molecule has 0 aromatic rings. The number of piperazine rings is 1. The van der Waals surface area contributed by atoms with Gasteiger partial charge >= 0.3 is 0 Å². The second kappa shape index (κ2) is 6.01. The Bertz CT molecular complexity index is 373. The minimum absolute atomic E-state index is 0.329. The Labute approximate surface area is 123 Å². The molecule has 1 aliphatic carbocycles. The molecule has 3 rings (SSSR count). The Morgan fingerprint density at radius 1 is 1.20 bits per heavy atom. The van der Waals surface area contributed by atoms with Crippen molar-refractivity contribution < 1.29 is 0 Å². The lowest BCUT2D eigenvalue weighted by atomic mass is 9.97. The maximum Gasteiger partial charge on any atom is 0.105 e. The van der Waals surface area contributed by atoms with Gasteiger partial charge in [-0.3, -0.25) is 10.2 Å². The van der Waals surface area contributed by atoms with Crippen LogP contribution in [0.3, 0.4) is 0 Å². The number of nitrogens with one attached hydrogen (secondary N) is 1. The maximum atomic E-state index is 9.44. The van der Waals surface area contributed by atoms with Gasteiger partial charge in [0, 0.05) is 38.3 Å². The molecule has 0 bridgehead atoms. The predicted molar refractivity (Wildman–Crippen MR) is 80.4 cm³/mol. The molecular weight excluding hydrogens is 248 g/mol. The number of hydrogen-bond donors (Lipinski definition) is 1. The highest BCUT2D eigenvalue weighted by Gasteiger charge is 2.34. The van der Waals surface area contributed by atoms with E-state index in [9.17, 15) is 5.26 Å². The number of fused-ring (bicyclic) bond motifs is 1. The summed E-state index contributed by atoms with van der Waals surface area (Å²) in [7, 11) is 0. The van der Waals surface area contributed by atoms with Crippen LogP contribution in [-0.4, -0.2) is 60.1 Å². The molecular formula is C16H28N4. The lowest BCUT2D eigenvalue weighted by Gasteiger charge is -2.44. The van der Waals surface area contributed by atoms with Crippen LogP contribution in [0.25, 0.3) is 0 Å². The number of nitriles is 1. The molecule has 4 nitrogen and oxygen atoms in total. The number of hydrogen-bond acceptors (Lipinski definition) is 4. The molecule has 20 heavy (non-hydrogen) atoms. The van der Waals surface area contributed by atoms with Crippen molar-refractivity contribution in [2.45, 2.75) is 63.1 Å². The molecule has 1 N–H and O–H groups in total. The van der Waals surface area contributed by atoms with Gasteiger partial charge in [-0.05, 0) is 45.6 Å². The highest BCUT2D eigenvalue weighted by Crippen LogP contribution is 2.25. The van der Waals surface area contributed by atoms with Crippen molar-refractivity contribution in [3.05, 3.63) is 0 Å². The van der Waals surface area contributed by atoms with Crippen LogP contribution in [0.15, 0.2) is 0 Å². The van der Waals surface area contributed by atoms with E-state index in [0.29, 0.717) is 6.04 Å². The Hall–Kier alpha value is -0.630. The average Bonchev–Trinajstić information content (AvgIpc) is 3.29. The van der Waals surface area contributed by atoms with Gasteiger partial charge in [0.05, 0.1) is 6.07 Å². The number of rotatable bonds is 5. The van der Waals surface area contributed by atoms with Gasteiger partial charge in [-0.15, -0.1) is 0 Å². The fraction of sp³-hybridized carbons (Fsp3) is 0.938. The van der Waals surface area contributed by atoms with Crippen molar-refractivity contribution in [3.63, 3.8) is 0 Å². The van der Waals surface area contributed by atoms with Crippen molar-refractivity contribution in [3.8, 4) is 6.07 Å². The summed E-state index contributed by atoms with van der Waals surface area (Å²) in [6, 6.07) is 3.88. The van der Waals surface area contributed by atoms with Gasteiger partial charge in [0.15, 0.2) is 0 Å². The van der Waals surface area contributed by atoms with Crippen molar-refractivity contribution in [2.24, 2.45) is 0 Å². The fourth-order valence-corrected chi connectivity index (χ4v) is 3.64.